The Hall–Kier alpha value is -1.82. The molecule has 36 heavy (non-hydrogen) atoms. The van der Waals surface area contributed by atoms with Gasteiger partial charge in [-0.2, -0.15) is 13.2 Å². The molecule has 0 spiro atoms. The van der Waals surface area contributed by atoms with Crippen LogP contribution in [0.25, 0.3) is 10.9 Å². The van der Waals surface area contributed by atoms with Crippen LogP contribution in [0, 0.1) is 17.8 Å². The number of piperazine rings is 1. The third-order valence-electron chi connectivity index (χ3n) is 7.89. The average Bonchev–Trinajstić information content (AvgIpc) is 3.64. The fraction of sp³-hybridized carbons (Fsp3) is 0.625. The second kappa shape index (κ2) is 9.49. The van der Waals surface area contributed by atoms with Crippen LogP contribution in [0.3, 0.4) is 0 Å². The van der Waals surface area contributed by atoms with Crippen LogP contribution >= 0.6 is 11.6 Å². The van der Waals surface area contributed by atoms with E-state index in [1.54, 1.807) is 36.0 Å². The van der Waals surface area contributed by atoms with Crippen LogP contribution < -0.4 is 10.0 Å². The molecule has 3 aliphatic rings. The minimum Gasteiger partial charge on any atom is -0.349 e. The summed E-state index contributed by atoms with van der Waals surface area (Å²) in [5, 5.41) is 3.76. The van der Waals surface area contributed by atoms with E-state index in [0.29, 0.717) is 35.7 Å². The van der Waals surface area contributed by atoms with Gasteiger partial charge in [-0.25, -0.2) is 13.1 Å². The summed E-state index contributed by atoms with van der Waals surface area (Å²) in [5.41, 5.74) is 0.712. The summed E-state index contributed by atoms with van der Waals surface area (Å²) in [6, 6.07) is 2.81. The Morgan fingerprint density at radius 2 is 1.94 bits per heavy atom. The summed E-state index contributed by atoms with van der Waals surface area (Å²) in [6.45, 7) is -0.0276. The van der Waals surface area contributed by atoms with Crippen molar-refractivity contribution in [3.8, 4) is 0 Å². The lowest BCUT2D eigenvalue weighted by Crippen LogP contribution is -2.59. The molecule has 2 saturated carbocycles. The molecular formula is C24H30ClF3N4O3S. The Balaban J connectivity index is 1.29. The van der Waals surface area contributed by atoms with Crippen molar-refractivity contribution in [2.24, 2.45) is 24.8 Å². The summed E-state index contributed by atoms with van der Waals surface area (Å²) in [7, 11) is -2.01. The van der Waals surface area contributed by atoms with Gasteiger partial charge in [-0.3, -0.25) is 4.79 Å². The lowest BCUT2D eigenvalue weighted by Gasteiger charge is -2.40. The van der Waals surface area contributed by atoms with Gasteiger partial charge in [-0.05, 0) is 62.1 Å². The number of benzene rings is 1. The average molecular weight is 547 g/mol. The zero-order valence-electron chi connectivity index (χ0n) is 19.9. The number of hydrogen-bond donors (Lipinski definition) is 2. The fourth-order valence-electron chi connectivity index (χ4n) is 5.80. The molecule has 0 radical (unpaired) electrons. The Labute approximate surface area is 213 Å². The quantitative estimate of drug-likeness (QED) is 0.599. The molecular weight excluding hydrogens is 517 g/mol. The third-order valence-corrected chi connectivity index (χ3v) is 9.68. The lowest BCUT2D eigenvalue weighted by atomic mass is 9.75. The van der Waals surface area contributed by atoms with E-state index in [0.717, 1.165) is 18.2 Å². The number of aryl methyl sites for hydroxylation is 1. The molecule has 1 aliphatic heterocycles. The van der Waals surface area contributed by atoms with Gasteiger partial charge in [0.05, 0.1) is 15.4 Å². The van der Waals surface area contributed by atoms with Crippen LogP contribution in [0.1, 0.15) is 32.1 Å². The monoisotopic (exact) mass is 546 g/mol. The number of carbonyl (C=O) groups excluding carboxylic acids is 1. The van der Waals surface area contributed by atoms with Crippen LogP contribution in [-0.4, -0.2) is 61.7 Å². The van der Waals surface area contributed by atoms with E-state index in [1.807, 2.05) is 0 Å². The molecule has 2 aliphatic carbocycles. The van der Waals surface area contributed by atoms with Gasteiger partial charge in [-0.15, -0.1) is 0 Å². The van der Waals surface area contributed by atoms with E-state index in [4.69, 9.17) is 11.6 Å². The minimum absolute atomic E-state index is 0.0167. The predicted octanol–water partition coefficient (Wildman–Crippen LogP) is 3.67. The Morgan fingerprint density at radius 3 is 2.64 bits per heavy atom. The van der Waals surface area contributed by atoms with Gasteiger partial charge in [0.1, 0.15) is 6.04 Å². The molecule has 1 saturated heterocycles. The van der Waals surface area contributed by atoms with Gasteiger partial charge >= 0.3 is 6.18 Å². The summed E-state index contributed by atoms with van der Waals surface area (Å²) in [4.78, 5) is 14.6. The largest absolute Gasteiger partial charge is 0.405 e. The zero-order chi connectivity index (χ0) is 25.8. The SMILES string of the molecule is Cn1cc(Cl)c2ccc(S(=O)(=O)N[C@@H]3CC[C@@H](C(=O)N4CCN[C@@H](C(F)(F)F)C4)CC3C3CC3)cc21. The molecule has 2 heterocycles. The van der Waals surface area contributed by atoms with Crippen LogP contribution in [0.5, 0.6) is 0 Å². The number of nitrogens with zero attached hydrogens (tertiary/aromatic N) is 2. The maximum atomic E-state index is 13.3. The molecule has 5 rings (SSSR count). The van der Waals surface area contributed by atoms with Crippen molar-refractivity contribution in [2.75, 3.05) is 19.6 Å². The highest BCUT2D eigenvalue weighted by Crippen LogP contribution is 2.46. The predicted molar refractivity (Wildman–Crippen MR) is 130 cm³/mol. The van der Waals surface area contributed by atoms with Crippen LogP contribution in [0.2, 0.25) is 5.02 Å². The van der Waals surface area contributed by atoms with Crippen LogP contribution in [0.15, 0.2) is 29.3 Å². The van der Waals surface area contributed by atoms with Crippen molar-refractivity contribution in [1.82, 2.24) is 19.5 Å². The number of amides is 1. The minimum atomic E-state index is -4.40. The topological polar surface area (TPSA) is 83.4 Å². The Morgan fingerprint density at radius 1 is 1.19 bits per heavy atom. The van der Waals surface area contributed by atoms with Gasteiger partial charge in [0.2, 0.25) is 15.9 Å². The first-order valence-electron chi connectivity index (χ1n) is 12.3. The van der Waals surface area contributed by atoms with Crippen LogP contribution in [-0.2, 0) is 21.9 Å². The van der Waals surface area contributed by atoms with Crippen molar-refractivity contribution >= 4 is 38.4 Å². The van der Waals surface area contributed by atoms with E-state index in [2.05, 4.69) is 10.0 Å². The maximum absolute atomic E-state index is 13.3. The first kappa shape index (κ1) is 25.8. The van der Waals surface area contributed by atoms with Crippen molar-refractivity contribution in [3.63, 3.8) is 0 Å². The second-order valence-corrected chi connectivity index (χ2v) is 12.5. The highest BCUT2D eigenvalue weighted by molar-refractivity contribution is 7.89. The van der Waals surface area contributed by atoms with Crippen molar-refractivity contribution in [1.29, 1.82) is 0 Å². The van der Waals surface area contributed by atoms with Crippen LogP contribution in [0.4, 0.5) is 13.2 Å². The molecule has 1 aromatic heterocycles. The fourth-order valence-corrected chi connectivity index (χ4v) is 7.45. The van der Waals surface area contributed by atoms with Gasteiger partial charge in [0, 0.05) is 50.2 Å². The van der Waals surface area contributed by atoms with E-state index < -0.39 is 22.2 Å². The maximum Gasteiger partial charge on any atom is 0.405 e. The molecule has 1 amide bonds. The molecule has 1 aromatic carbocycles. The second-order valence-electron chi connectivity index (χ2n) is 10.3. The van der Waals surface area contributed by atoms with E-state index >= 15 is 0 Å². The molecule has 2 aromatic rings. The number of sulfonamides is 1. The highest BCUT2D eigenvalue weighted by atomic mass is 35.5. The van der Waals surface area contributed by atoms with Gasteiger partial charge in [0.15, 0.2) is 0 Å². The number of alkyl halides is 3. The molecule has 1 unspecified atom stereocenters. The number of halogens is 4. The third kappa shape index (κ3) is 5.12. The van der Waals surface area contributed by atoms with E-state index in [-0.39, 0.29) is 48.3 Å². The number of fused-ring (bicyclic) bond motifs is 1. The molecule has 4 atom stereocenters. The first-order chi connectivity index (χ1) is 16.9. The summed E-state index contributed by atoms with van der Waals surface area (Å²) < 4.78 is 70.8. The molecule has 7 nitrogen and oxygen atoms in total. The molecule has 12 heteroatoms. The summed E-state index contributed by atoms with van der Waals surface area (Å²) in [6.07, 6.45) is 0.685. The number of hydrogen-bond acceptors (Lipinski definition) is 4. The smallest absolute Gasteiger partial charge is 0.349 e. The number of aromatic nitrogens is 1. The van der Waals surface area contributed by atoms with Crippen molar-refractivity contribution in [3.05, 3.63) is 29.4 Å². The molecule has 3 fully saturated rings. The zero-order valence-corrected chi connectivity index (χ0v) is 21.5. The molecule has 2 N–H and O–H groups in total. The number of rotatable bonds is 5. The summed E-state index contributed by atoms with van der Waals surface area (Å²) >= 11 is 6.21. The lowest BCUT2D eigenvalue weighted by molar-refractivity contribution is -0.169. The van der Waals surface area contributed by atoms with Crippen molar-refractivity contribution in [2.45, 2.75) is 55.3 Å². The summed E-state index contributed by atoms with van der Waals surface area (Å²) in [5.74, 6) is -0.320. The Kier molecular flexibility index (Phi) is 6.80. The van der Waals surface area contributed by atoms with E-state index in [9.17, 15) is 26.4 Å². The Bertz CT molecular complexity index is 1260. The van der Waals surface area contributed by atoms with E-state index in [1.165, 1.54) is 4.90 Å². The van der Waals surface area contributed by atoms with Gasteiger partial charge < -0.3 is 14.8 Å². The normalized spacial score (nSPS) is 28.0. The standard InChI is InChI=1S/C24H30ClF3N4O3S/c1-31-12-19(25)17-6-5-16(11-21(17)31)36(34,35)30-20-7-4-15(10-18(20)14-2-3-14)23(33)32-9-8-29-22(13-32)24(26,27)28/h5-6,11-12,14-15,18,20,22,29-30H,2-4,7-10,13H2,1H3/t15-,18?,20-,22-/m1/s1. The highest BCUT2D eigenvalue weighted by Gasteiger charge is 2.47. The first-order valence-corrected chi connectivity index (χ1v) is 14.2. The number of nitrogens with one attached hydrogen (secondary N) is 2. The molecule has 0 bridgehead atoms. The van der Waals surface area contributed by atoms with Gasteiger partial charge in [0.25, 0.3) is 0 Å². The molecule has 198 valence electrons. The van der Waals surface area contributed by atoms with Gasteiger partial charge in [-0.1, -0.05) is 11.6 Å². The number of carbonyl (C=O) groups is 1. The van der Waals surface area contributed by atoms with Crippen molar-refractivity contribution < 1.29 is 26.4 Å².